The van der Waals surface area contributed by atoms with Crippen molar-refractivity contribution < 1.29 is 0 Å². The van der Waals surface area contributed by atoms with Crippen molar-refractivity contribution in [2.24, 2.45) is 5.73 Å². The van der Waals surface area contributed by atoms with Gasteiger partial charge in [-0.15, -0.1) is 0 Å². The number of pyridine rings is 1. The third kappa shape index (κ3) is 3.47. The summed E-state index contributed by atoms with van der Waals surface area (Å²) in [5.74, 6) is 0.326. The van der Waals surface area contributed by atoms with E-state index in [9.17, 15) is 4.79 Å². The second-order valence-electron chi connectivity index (χ2n) is 6.07. The number of hydrogen-bond acceptors (Lipinski definition) is 2. The first-order valence-corrected chi connectivity index (χ1v) is 8.10. The lowest BCUT2D eigenvalue weighted by atomic mass is 9.99. The maximum atomic E-state index is 12.9. The third-order valence-electron chi connectivity index (χ3n) is 4.06. The summed E-state index contributed by atoms with van der Waals surface area (Å²) in [5, 5.41) is 0. The highest BCUT2D eigenvalue weighted by atomic mass is 16.1. The predicted molar refractivity (Wildman–Crippen MR) is 92.2 cm³/mol. The Bertz CT molecular complexity index is 659. The van der Waals surface area contributed by atoms with E-state index in [0.29, 0.717) is 11.5 Å². The molecule has 2 aromatic rings. The first-order chi connectivity index (χ1) is 10.6. The Hall–Kier alpha value is -1.87. The lowest BCUT2D eigenvalue weighted by molar-refractivity contribution is 0.562. The van der Waals surface area contributed by atoms with Crippen LogP contribution in [0.1, 0.15) is 62.4 Å². The van der Waals surface area contributed by atoms with Gasteiger partial charge in [-0.1, -0.05) is 57.5 Å². The monoisotopic (exact) mass is 298 g/mol. The molecular weight excluding hydrogens is 272 g/mol. The Labute approximate surface area is 132 Å². The number of nitrogens with two attached hydrogens (primary N) is 1. The molecule has 0 aliphatic rings. The van der Waals surface area contributed by atoms with E-state index in [1.165, 1.54) is 0 Å². The quantitative estimate of drug-likeness (QED) is 0.881. The molecule has 1 unspecified atom stereocenters. The lowest BCUT2D eigenvalue weighted by Crippen LogP contribution is -2.31. The average Bonchev–Trinajstić information content (AvgIpc) is 2.53. The molecule has 0 amide bonds. The molecule has 0 fully saturated rings. The zero-order valence-corrected chi connectivity index (χ0v) is 13.8. The minimum absolute atomic E-state index is 0.0519. The van der Waals surface area contributed by atoms with Gasteiger partial charge < -0.3 is 10.3 Å². The fraction of sp³-hybridized carbons (Fsp3) is 0.421. The molecule has 2 rings (SSSR count). The minimum Gasteiger partial charge on any atom is -0.320 e. The minimum atomic E-state index is -0.372. The average molecular weight is 298 g/mol. The van der Waals surface area contributed by atoms with Crippen LogP contribution in [0.2, 0.25) is 0 Å². The van der Waals surface area contributed by atoms with Gasteiger partial charge in [-0.3, -0.25) is 4.79 Å². The molecule has 0 bridgehead atoms. The number of aromatic nitrogens is 1. The van der Waals surface area contributed by atoms with Crippen molar-refractivity contribution in [2.45, 2.75) is 52.1 Å². The van der Waals surface area contributed by atoms with Crippen LogP contribution in [0.3, 0.4) is 0 Å². The molecular formula is C19H26N2O. The van der Waals surface area contributed by atoms with Crippen LogP contribution >= 0.6 is 0 Å². The van der Waals surface area contributed by atoms with Crippen molar-refractivity contribution in [1.29, 1.82) is 0 Å². The summed E-state index contributed by atoms with van der Waals surface area (Å²) in [7, 11) is 0. The van der Waals surface area contributed by atoms with Crippen molar-refractivity contribution in [3.8, 4) is 0 Å². The van der Waals surface area contributed by atoms with Gasteiger partial charge in [-0.05, 0) is 30.0 Å². The number of hydrogen-bond donors (Lipinski definition) is 1. The summed E-state index contributed by atoms with van der Waals surface area (Å²) < 4.78 is 1.91. The molecule has 1 aromatic heterocycles. The summed E-state index contributed by atoms with van der Waals surface area (Å²) >= 11 is 0. The molecule has 0 spiro atoms. The molecule has 1 aromatic carbocycles. The molecule has 118 valence electrons. The van der Waals surface area contributed by atoms with Crippen LogP contribution in [-0.2, 0) is 6.54 Å². The number of nitrogens with zero attached hydrogens (tertiary/aromatic N) is 1. The fourth-order valence-corrected chi connectivity index (χ4v) is 2.74. The summed E-state index contributed by atoms with van der Waals surface area (Å²) in [6.45, 7) is 7.14. The molecule has 0 saturated carbocycles. The molecule has 0 saturated heterocycles. The predicted octanol–water partition coefficient (Wildman–Crippen LogP) is 3.82. The Kier molecular flexibility index (Phi) is 5.56. The van der Waals surface area contributed by atoms with Gasteiger partial charge in [0.25, 0.3) is 5.56 Å². The van der Waals surface area contributed by atoms with Crippen LogP contribution in [0.4, 0.5) is 0 Å². The molecule has 2 N–H and O–H groups in total. The molecule has 3 nitrogen and oxygen atoms in total. The highest BCUT2D eigenvalue weighted by molar-refractivity contribution is 5.31. The van der Waals surface area contributed by atoms with E-state index < -0.39 is 0 Å². The second kappa shape index (κ2) is 7.41. The van der Waals surface area contributed by atoms with Gasteiger partial charge in [0, 0.05) is 17.8 Å². The van der Waals surface area contributed by atoms with Crippen molar-refractivity contribution in [3.63, 3.8) is 0 Å². The van der Waals surface area contributed by atoms with E-state index in [-0.39, 0.29) is 11.6 Å². The van der Waals surface area contributed by atoms with E-state index in [4.69, 9.17) is 5.73 Å². The van der Waals surface area contributed by atoms with Gasteiger partial charge in [-0.2, -0.15) is 0 Å². The van der Waals surface area contributed by atoms with Gasteiger partial charge in [0.2, 0.25) is 0 Å². The van der Waals surface area contributed by atoms with Crippen LogP contribution in [0.25, 0.3) is 0 Å². The molecule has 0 aliphatic carbocycles. The lowest BCUT2D eigenvalue weighted by Gasteiger charge is -2.19. The zero-order valence-electron chi connectivity index (χ0n) is 13.8. The Morgan fingerprint density at radius 3 is 2.36 bits per heavy atom. The van der Waals surface area contributed by atoms with Crippen molar-refractivity contribution in [3.05, 3.63) is 69.6 Å². The number of unbranched alkanes of at least 4 members (excludes halogenated alkanes) is 1. The summed E-state index contributed by atoms with van der Waals surface area (Å²) in [5.41, 5.74) is 9.11. The topological polar surface area (TPSA) is 48.0 Å². The van der Waals surface area contributed by atoms with Crippen LogP contribution in [0, 0.1) is 0 Å². The summed E-state index contributed by atoms with van der Waals surface area (Å²) in [4.78, 5) is 12.9. The number of rotatable bonds is 6. The Balaban J connectivity index is 2.47. The molecule has 0 aliphatic heterocycles. The normalized spacial score (nSPS) is 12.6. The molecule has 1 heterocycles. The van der Waals surface area contributed by atoms with Gasteiger partial charge in [0.05, 0.1) is 6.04 Å². The SMILES string of the molecule is CCCCn1c(C(C)C)ccc(C(N)c2ccccc2)c1=O. The standard InChI is InChI=1S/C19H26N2O/c1-4-5-13-21-17(14(2)3)12-11-16(19(21)22)18(20)15-9-7-6-8-10-15/h6-12,14,18H,4-5,13,20H2,1-3H3. The summed E-state index contributed by atoms with van der Waals surface area (Å²) in [6, 6.07) is 13.4. The highest BCUT2D eigenvalue weighted by Gasteiger charge is 2.17. The van der Waals surface area contributed by atoms with E-state index >= 15 is 0 Å². The van der Waals surface area contributed by atoms with Crippen LogP contribution < -0.4 is 11.3 Å². The van der Waals surface area contributed by atoms with Gasteiger partial charge >= 0.3 is 0 Å². The first kappa shape index (κ1) is 16.5. The summed E-state index contributed by atoms with van der Waals surface area (Å²) in [6.07, 6.45) is 2.07. The Morgan fingerprint density at radius 2 is 1.77 bits per heavy atom. The largest absolute Gasteiger partial charge is 0.320 e. The second-order valence-corrected chi connectivity index (χ2v) is 6.07. The van der Waals surface area contributed by atoms with Crippen LogP contribution in [0.15, 0.2) is 47.3 Å². The highest BCUT2D eigenvalue weighted by Crippen LogP contribution is 2.19. The molecule has 22 heavy (non-hydrogen) atoms. The van der Waals surface area contributed by atoms with E-state index in [0.717, 1.165) is 30.6 Å². The van der Waals surface area contributed by atoms with E-state index in [2.05, 4.69) is 26.8 Å². The molecule has 1 atom stereocenters. The van der Waals surface area contributed by atoms with Crippen LogP contribution in [-0.4, -0.2) is 4.57 Å². The fourth-order valence-electron chi connectivity index (χ4n) is 2.74. The van der Waals surface area contributed by atoms with E-state index in [1.807, 2.05) is 41.0 Å². The van der Waals surface area contributed by atoms with Gasteiger partial charge in [-0.25, -0.2) is 0 Å². The Morgan fingerprint density at radius 1 is 1.09 bits per heavy atom. The van der Waals surface area contributed by atoms with Gasteiger partial charge in [0.1, 0.15) is 0 Å². The van der Waals surface area contributed by atoms with Gasteiger partial charge in [0.15, 0.2) is 0 Å². The zero-order chi connectivity index (χ0) is 16.1. The first-order valence-electron chi connectivity index (χ1n) is 8.10. The smallest absolute Gasteiger partial charge is 0.255 e. The maximum Gasteiger partial charge on any atom is 0.255 e. The van der Waals surface area contributed by atoms with Crippen molar-refractivity contribution in [2.75, 3.05) is 0 Å². The maximum absolute atomic E-state index is 12.9. The van der Waals surface area contributed by atoms with E-state index in [1.54, 1.807) is 0 Å². The van der Waals surface area contributed by atoms with Crippen molar-refractivity contribution in [1.82, 2.24) is 4.57 Å². The third-order valence-corrected chi connectivity index (χ3v) is 4.06. The molecule has 3 heteroatoms. The van der Waals surface area contributed by atoms with Crippen LogP contribution in [0.5, 0.6) is 0 Å². The number of benzene rings is 1. The van der Waals surface area contributed by atoms with Crippen molar-refractivity contribution >= 4 is 0 Å². The molecule has 0 radical (unpaired) electrons.